The van der Waals surface area contributed by atoms with Gasteiger partial charge in [-0.15, -0.1) is 0 Å². The number of morpholine rings is 1. The lowest BCUT2D eigenvalue weighted by Gasteiger charge is -2.31. The maximum absolute atomic E-state index is 12.3. The number of esters is 1. The van der Waals surface area contributed by atoms with Crippen molar-refractivity contribution in [3.8, 4) is 11.3 Å². The molecule has 2 atom stereocenters. The summed E-state index contributed by atoms with van der Waals surface area (Å²) in [5.74, 6) is 0.956. The van der Waals surface area contributed by atoms with Crippen molar-refractivity contribution < 1.29 is 18.7 Å². The van der Waals surface area contributed by atoms with Gasteiger partial charge in [0.2, 0.25) is 0 Å². The Morgan fingerprint density at radius 1 is 1.11 bits per heavy atom. The lowest BCUT2D eigenvalue weighted by atomic mass is 10.0. The number of benzene rings is 1. The van der Waals surface area contributed by atoms with Crippen LogP contribution in [0.2, 0.25) is 0 Å². The Hall–Kier alpha value is -3.27. The first kappa shape index (κ1) is 23.5. The van der Waals surface area contributed by atoms with Gasteiger partial charge in [-0.25, -0.2) is 4.79 Å². The van der Waals surface area contributed by atoms with Crippen LogP contribution in [0.1, 0.15) is 33.9 Å². The van der Waals surface area contributed by atoms with Crippen LogP contribution in [0, 0.1) is 0 Å². The van der Waals surface area contributed by atoms with Crippen molar-refractivity contribution >= 4 is 23.3 Å². The molecule has 8 nitrogen and oxygen atoms in total. The number of ether oxygens (including phenoxy) is 2. The Bertz CT molecular complexity index is 1180. The molecule has 2 aliphatic heterocycles. The summed E-state index contributed by atoms with van der Waals surface area (Å²) in [6.07, 6.45) is 1.79. The number of rotatable bonds is 7. The van der Waals surface area contributed by atoms with Crippen LogP contribution in [0.4, 0.5) is 0 Å². The van der Waals surface area contributed by atoms with Gasteiger partial charge in [0.15, 0.2) is 5.11 Å². The Kier molecular flexibility index (Phi) is 7.08. The third-order valence-electron chi connectivity index (χ3n) is 6.47. The lowest BCUT2D eigenvalue weighted by molar-refractivity contribution is 0.0347. The summed E-state index contributed by atoms with van der Waals surface area (Å²) in [6, 6.07) is 16.7. The van der Waals surface area contributed by atoms with Crippen LogP contribution in [-0.2, 0) is 9.47 Å². The zero-order valence-corrected chi connectivity index (χ0v) is 20.4. The molecular formula is C26H28N4O4S. The average molecular weight is 493 g/mol. The summed E-state index contributed by atoms with van der Waals surface area (Å²) >= 11 is 5.77. The first-order valence-corrected chi connectivity index (χ1v) is 12.1. The molecule has 35 heavy (non-hydrogen) atoms. The maximum atomic E-state index is 12.3. The van der Waals surface area contributed by atoms with Crippen LogP contribution in [0.5, 0.6) is 0 Å². The molecule has 1 N–H and O–H groups in total. The van der Waals surface area contributed by atoms with E-state index in [1.165, 1.54) is 7.11 Å². The third-order valence-corrected chi connectivity index (χ3v) is 6.83. The van der Waals surface area contributed by atoms with Crippen LogP contribution in [0.25, 0.3) is 11.3 Å². The SMILES string of the molecule is COC(=O)c1ccccc1-c1ccc([C@H]2[C@@H](c3ccccn3)NC(=S)N2CCN2CCOCC2)o1. The van der Waals surface area contributed by atoms with Crippen molar-refractivity contribution in [2.24, 2.45) is 0 Å². The van der Waals surface area contributed by atoms with E-state index in [1.54, 1.807) is 12.3 Å². The summed E-state index contributed by atoms with van der Waals surface area (Å²) in [4.78, 5) is 21.5. The van der Waals surface area contributed by atoms with Gasteiger partial charge >= 0.3 is 5.97 Å². The zero-order valence-electron chi connectivity index (χ0n) is 19.6. The van der Waals surface area contributed by atoms with Crippen LogP contribution in [0.15, 0.2) is 65.2 Å². The van der Waals surface area contributed by atoms with E-state index in [1.807, 2.05) is 48.5 Å². The quantitative estimate of drug-likeness (QED) is 0.394. The number of methoxy groups -OCH3 is 1. The molecule has 3 aromatic rings. The van der Waals surface area contributed by atoms with E-state index in [4.69, 9.17) is 26.1 Å². The summed E-state index contributed by atoms with van der Waals surface area (Å²) in [7, 11) is 1.38. The largest absolute Gasteiger partial charge is 0.465 e. The standard InChI is InChI=1S/C26H28N4O4S/c1-32-25(31)19-7-3-2-6-18(19)21-9-10-22(34-21)24-23(20-8-4-5-11-27-20)28-26(35)30(24)13-12-29-14-16-33-17-15-29/h2-11,23-24H,12-17H2,1H3,(H,28,35)/t23-,24+/m1/s1. The van der Waals surface area contributed by atoms with Gasteiger partial charge < -0.3 is 24.1 Å². The zero-order chi connectivity index (χ0) is 24.2. The highest BCUT2D eigenvalue weighted by atomic mass is 32.1. The van der Waals surface area contributed by atoms with Crippen molar-refractivity contribution in [2.75, 3.05) is 46.5 Å². The van der Waals surface area contributed by atoms with Crippen molar-refractivity contribution in [2.45, 2.75) is 12.1 Å². The van der Waals surface area contributed by atoms with Crippen LogP contribution >= 0.6 is 12.2 Å². The van der Waals surface area contributed by atoms with E-state index < -0.39 is 5.97 Å². The van der Waals surface area contributed by atoms with E-state index >= 15 is 0 Å². The molecule has 0 saturated carbocycles. The number of hydrogen-bond acceptors (Lipinski definition) is 7. The third kappa shape index (κ3) is 4.93. The monoisotopic (exact) mass is 492 g/mol. The molecule has 2 fully saturated rings. The summed E-state index contributed by atoms with van der Waals surface area (Å²) in [5, 5.41) is 4.13. The molecular weight excluding hydrogens is 464 g/mol. The number of aromatic nitrogens is 1. The predicted octanol–water partition coefficient (Wildman–Crippen LogP) is 3.43. The highest BCUT2D eigenvalue weighted by Gasteiger charge is 2.41. The van der Waals surface area contributed by atoms with Gasteiger partial charge in [0.1, 0.15) is 17.6 Å². The molecule has 5 rings (SSSR count). The minimum Gasteiger partial charge on any atom is -0.465 e. The molecule has 0 aliphatic carbocycles. The second-order valence-corrected chi connectivity index (χ2v) is 8.90. The average Bonchev–Trinajstić information content (AvgIpc) is 3.52. The number of thiocarbonyl (C=S) groups is 1. The predicted molar refractivity (Wildman–Crippen MR) is 135 cm³/mol. The molecule has 9 heteroatoms. The fourth-order valence-electron chi connectivity index (χ4n) is 4.67. The molecule has 2 aliphatic rings. The normalized spacial score (nSPS) is 20.6. The number of hydrogen-bond donors (Lipinski definition) is 1. The van der Waals surface area contributed by atoms with Crippen molar-refractivity contribution in [1.29, 1.82) is 0 Å². The van der Waals surface area contributed by atoms with Crippen molar-refractivity contribution in [3.63, 3.8) is 0 Å². The Morgan fingerprint density at radius 2 is 1.91 bits per heavy atom. The van der Waals surface area contributed by atoms with Gasteiger partial charge in [-0.2, -0.15) is 0 Å². The smallest absolute Gasteiger partial charge is 0.338 e. The highest BCUT2D eigenvalue weighted by molar-refractivity contribution is 7.80. The molecule has 2 saturated heterocycles. The number of carbonyl (C=O) groups is 1. The number of carbonyl (C=O) groups excluding carboxylic acids is 1. The molecule has 4 heterocycles. The fourth-order valence-corrected chi connectivity index (χ4v) is 5.00. The minimum absolute atomic E-state index is 0.164. The fraction of sp³-hybridized carbons (Fsp3) is 0.346. The van der Waals surface area contributed by atoms with Crippen LogP contribution in [-0.4, -0.2) is 72.4 Å². The first-order valence-electron chi connectivity index (χ1n) is 11.7. The van der Waals surface area contributed by atoms with Crippen LogP contribution < -0.4 is 5.32 Å². The second kappa shape index (κ2) is 10.6. The molecule has 0 bridgehead atoms. The molecule has 2 aromatic heterocycles. The van der Waals surface area contributed by atoms with Gasteiger partial charge in [-0.1, -0.05) is 24.3 Å². The number of nitrogens with one attached hydrogen (secondary N) is 1. The summed E-state index contributed by atoms with van der Waals surface area (Å²) in [6.45, 7) is 4.95. The van der Waals surface area contributed by atoms with Gasteiger partial charge in [0.05, 0.1) is 37.6 Å². The number of pyridine rings is 1. The molecule has 0 radical (unpaired) electrons. The number of nitrogens with zero attached hydrogens (tertiary/aromatic N) is 3. The second-order valence-electron chi connectivity index (χ2n) is 8.51. The van der Waals surface area contributed by atoms with Gasteiger partial charge in [-0.3, -0.25) is 9.88 Å². The molecule has 0 unspecified atom stereocenters. The molecule has 0 amide bonds. The van der Waals surface area contributed by atoms with Gasteiger partial charge in [-0.05, 0) is 42.5 Å². The van der Waals surface area contributed by atoms with Crippen LogP contribution in [0.3, 0.4) is 0 Å². The summed E-state index contributed by atoms with van der Waals surface area (Å²) in [5.41, 5.74) is 2.04. The minimum atomic E-state index is -0.402. The Balaban J connectivity index is 1.47. The first-order chi connectivity index (χ1) is 17.2. The number of furan rings is 1. The van der Waals surface area contributed by atoms with Gasteiger partial charge in [0, 0.05) is 37.9 Å². The van der Waals surface area contributed by atoms with E-state index in [2.05, 4.69) is 20.1 Å². The topological polar surface area (TPSA) is 80.1 Å². The Morgan fingerprint density at radius 3 is 2.69 bits per heavy atom. The van der Waals surface area contributed by atoms with E-state index in [0.717, 1.165) is 50.8 Å². The van der Waals surface area contributed by atoms with E-state index in [9.17, 15) is 4.79 Å². The summed E-state index contributed by atoms with van der Waals surface area (Å²) < 4.78 is 16.9. The van der Waals surface area contributed by atoms with Crippen molar-refractivity contribution in [3.05, 3.63) is 77.8 Å². The molecule has 0 spiro atoms. The molecule has 1 aromatic carbocycles. The Labute approximate surface area is 209 Å². The van der Waals surface area contributed by atoms with Gasteiger partial charge in [0.25, 0.3) is 0 Å². The lowest BCUT2D eigenvalue weighted by Crippen LogP contribution is -2.42. The van der Waals surface area contributed by atoms with Crippen molar-refractivity contribution in [1.82, 2.24) is 20.1 Å². The highest BCUT2D eigenvalue weighted by Crippen LogP contribution is 2.40. The maximum Gasteiger partial charge on any atom is 0.338 e. The molecule has 182 valence electrons. The van der Waals surface area contributed by atoms with E-state index in [-0.39, 0.29) is 12.1 Å². The van der Waals surface area contributed by atoms with E-state index in [0.29, 0.717) is 22.0 Å².